The number of hydrogen-bond acceptors (Lipinski definition) is 2. The molecule has 15 heavy (non-hydrogen) atoms. The summed E-state index contributed by atoms with van der Waals surface area (Å²) in [6.07, 6.45) is 2.67. The van der Waals surface area contributed by atoms with E-state index in [9.17, 15) is 4.79 Å². The van der Waals surface area contributed by atoms with Gasteiger partial charge in [-0.2, -0.15) is 0 Å². The van der Waals surface area contributed by atoms with Gasteiger partial charge in [0.1, 0.15) is 0 Å². The van der Waals surface area contributed by atoms with E-state index in [0.29, 0.717) is 6.54 Å². The molecule has 2 rings (SSSR count). The summed E-state index contributed by atoms with van der Waals surface area (Å²) in [6.45, 7) is 2.54. The maximum atomic E-state index is 11.6. The SMILES string of the molecule is CCc1c[nH]c(=O)c2cccc(CN)c12. The predicted molar refractivity (Wildman–Crippen MR) is 61.8 cm³/mol. The molecule has 1 aromatic heterocycles. The molecule has 0 spiro atoms. The van der Waals surface area contributed by atoms with E-state index in [1.165, 1.54) is 0 Å². The summed E-state index contributed by atoms with van der Waals surface area (Å²) in [5, 5.41) is 1.75. The van der Waals surface area contributed by atoms with Crippen molar-refractivity contribution in [3.05, 3.63) is 45.9 Å². The van der Waals surface area contributed by atoms with Crippen LogP contribution in [0.3, 0.4) is 0 Å². The summed E-state index contributed by atoms with van der Waals surface area (Å²) in [6, 6.07) is 5.69. The van der Waals surface area contributed by atoms with Gasteiger partial charge in [-0.05, 0) is 29.0 Å². The number of aromatic nitrogens is 1. The van der Waals surface area contributed by atoms with Crippen LogP contribution in [0.15, 0.2) is 29.2 Å². The van der Waals surface area contributed by atoms with Crippen LogP contribution < -0.4 is 11.3 Å². The fourth-order valence-electron chi connectivity index (χ4n) is 1.92. The van der Waals surface area contributed by atoms with Gasteiger partial charge in [-0.3, -0.25) is 4.79 Å². The lowest BCUT2D eigenvalue weighted by Crippen LogP contribution is -2.09. The van der Waals surface area contributed by atoms with Gasteiger partial charge in [0.2, 0.25) is 0 Å². The third-order valence-corrected chi connectivity index (χ3v) is 2.69. The van der Waals surface area contributed by atoms with Crippen LogP contribution in [0.4, 0.5) is 0 Å². The molecule has 0 amide bonds. The molecule has 0 unspecified atom stereocenters. The van der Waals surface area contributed by atoms with Crippen LogP contribution in [-0.2, 0) is 13.0 Å². The second-order valence-electron chi connectivity index (χ2n) is 3.54. The molecule has 0 aliphatic rings. The molecule has 3 nitrogen and oxygen atoms in total. The highest BCUT2D eigenvalue weighted by molar-refractivity contribution is 5.87. The van der Waals surface area contributed by atoms with Gasteiger partial charge in [-0.25, -0.2) is 0 Å². The van der Waals surface area contributed by atoms with E-state index in [0.717, 1.165) is 28.3 Å². The van der Waals surface area contributed by atoms with Gasteiger partial charge in [0.05, 0.1) is 0 Å². The quantitative estimate of drug-likeness (QED) is 0.776. The number of H-pyrrole nitrogens is 1. The van der Waals surface area contributed by atoms with Crippen LogP contribution in [0.2, 0.25) is 0 Å². The number of rotatable bonds is 2. The normalized spacial score (nSPS) is 10.8. The van der Waals surface area contributed by atoms with Crippen molar-refractivity contribution in [3.63, 3.8) is 0 Å². The Morgan fingerprint density at radius 2 is 2.13 bits per heavy atom. The van der Waals surface area contributed by atoms with Crippen LogP contribution in [0.25, 0.3) is 10.8 Å². The molecule has 0 aliphatic heterocycles. The molecule has 0 bridgehead atoms. The minimum absolute atomic E-state index is 0.0440. The summed E-state index contributed by atoms with van der Waals surface area (Å²) in [5.41, 5.74) is 7.81. The molecular formula is C12H14N2O. The van der Waals surface area contributed by atoms with Gasteiger partial charge in [0, 0.05) is 18.1 Å². The van der Waals surface area contributed by atoms with Crippen LogP contribution in [-0.4, -0.2) is 4.98 Å². The third-order valence-electron chi connectivity index (χ3n) is 2.69. The van der Waals surface area contributed by atoms with Gasteiger partial charge in [0.25, 0.3) is 5.56 Å². The van der Waals surface area contributed by atoms with Gasteiger partial charge < -0.3 is 10.7 Å². The van der Waals surface area contributed by atoms with Crippen LogP contribution in [0.1, 0.15) is 18.1 Å². The largest absolute Gasteiger partial charge is 0.328 e. The topological polar surface area (TPSA) is 58.9 Å². The standard InChI is InChI=1S/C12H14N2O/c1-2-8-7-14-12(15)10-5-3-4-9(6-13)11(8)10/h3-5,7H,2,6,13H2,1H3,(H,14,15). The zero-order chi connectivity index (χ0) is 10.8. The summed E-state index contributed by atoms with van der Waals surface area (Å²) < 4.78 is 0. The minimum atomic E-state index is -0.0440. The van der Waals surface area contributed by atoms with Crippen molar-refractivity contribution in [2.24, 2.45) is 5.73 Å². The Bertz CT molecular complexity index is 533. The van der Waals surface area contributed by atoms with Crippen molar-refractivity contribution in [3.8, 4) is 0 Å². The summed E-state index contributed by atoms with van der Waals surface area (Å²) >= 11 is 0. The van der Waals surface area contributed by atoms with Gasteiger partial charge >= 0.3 is 0 Å². The van der Waals surface area contributed by atoms with Crippen molar-refractivity contribution in [1.82, 2.24) is 4.98 Å². The molecule has 1 heterocycles. The highest BCUT2D eigenvalue weighted by atomic mass is 16.1. The molecule has 0 saturated heterocycles. The van der Waals surface area contributed by atoms with Crippen LogP contribution in [0, 0.1) is 0 Å². The van der Waals surface area contributed by atoms with Gasteiger partial charge in [0.15, 0.2) is 0 Å². The van der Waals surface area contributed by atoms with Gasteiger partial charge in [-0.1, -0.05) is 19.1 Å². The molecule has 2 aromatic rings. The van der Waals surface area contributed by atoms with Crippen molar-refractivity contribution in [1.29, 1.82) is 0 Å². The Labute approximate surface area is 87.9 Å². The van der Waals surface area contributed by atoms with Gasteiger partial charge in [-0.15, -0.1) is 0 Å². The number of aryl methyl sites for hydroxylation is 1. The second-order valence-corrected chi connectivity index (χ2v) is 3.54. The fourth-order valence-corrected chi connectivity index (χ4v) is 1.92. The van der Waals surface area contributed by atoms with E-state index in [2.05, 4.69) is 11.9 Å². The Morgan fingerprint density at radius 1 is 1.33 bits per heavy atom. The number of aromatic amines is 1. The lowest BCUT2D eigenvalue weighted by atomic mass is 10.0. The third kappa shape index (κ3) is 1.55. The van der Waals surface area contributed by atoms with E-state index < -0.39 is 0 Å². The molecule has 78 valence electrons. The Kier molecular flexibility index (Phi) is 2.56. The number of fused-ring (bicyclic) bond motifs is 1. The van der Waals surface area contributed by atoms with Crippen molar-refractivity contribution >= 4 is 10.8 Å². The lowest BCUT2D eigenvalue weighted by Gasteiger charge is -2.07. The highest BCUT2D eigenvalue weighted by Gasteiger charge is 2.06. The molecule has 3 heteroatoms. The molecule has 0 atom stereocenters. The molecule has 0 saturated carbocycles. The Morgan fingerprint density at radius 3 is 2.80 bits per heavy atom. The van der Waals surface area contributed by atoms with E-state index in [1.54, 1.807) is 6.20 Å². The summed E-state index contributed by atoms with van der Waals surface area (Å²) in [4.78, 5) is 14.4. The first-order valence-electron chi connectivity index (χ1n) is 5.10. The van der Waals surface area contributed by atoms with E-state index >= 15 is 0 Å². The minimum Gasteiger partial charge on any atom is -0.328 e. The maximum Gasteiger partial charge on any atom is 0.255 e. The van der Waals surface area contributed by atoms with Crippen LogP contribution in [0.5, 0.6) is 0 Å². The van der Waals surface area contributed by atoms with Crippen LogP contribution >= 0.6 is 0 Å². The first kappa shape index (κ1) is 9.93. The number of benzene rings is 1. The van der Waals surface area contributed by atoms with E-state index in [1.807, 2.05) is 18.2 Å². The number of hydrogen-bond donors (Lipinski definition) is 2. The molecule has 1 aromatic carbocycles. The molecule has 0 fully saturated rings. The average molecular weight is 202 g/mol. The first-order chi connectivity index (χ1) is 7.27. The average Bonchev–Trinajstić information content (AvgIpc) is 2.29. The van der Waals surface area contributed by atoms with E-state index in [-0.39, 0.29) is 5.56 Å². The molecular weight excluding hydrogens is 188 g/mol. The fraction of sp³-hybridized carbons (Fsp3) is 0.250. The zero-order valence-electron chi connectivity index (χ0n) is 8.71. The first-order valence-corrected chi connectivity index (χ1v) is 5.10. The monoisotopic (exact) mass is 202 g/mol. The Balaban J connectivity index is 2.94. The number of pyridine rings is 1. The van der Waals surface area contributed by atoms with E-state index in [4.69, 9.17) is 5.73 Å². The second kappa shape index (κ2) is 3.87. The summed E-state index contributed by atoms with van der Waals surface area (Å²) in [7, 11) is 0. The number of nitrogens with one attached hydrogen (secondary N) is 1. The predicted octanol–water partition coefficient (Wildman–Crippen LogP) is 1.55. The molecule has 0 aliphatic carbocycles. The number of nitrogens with two attached hydrogens (primary N) is 1. The lowest BCUT2D eigenvalue weighted by molar-refractivity contribution is 1.06. The maximum absolute atomic E-state index is 11.6. The van der Waals surface area contributed by atoms with Crippen molar-refractivity contribution in [2.75, 3.05) is 0 Å². The molecule has 0 radical (unpaired) electrons. The zero-order valence-corrected chi connectivity index (χ0v) is 8.71. The smallest absolute Gasteiger partial charge is 0.255 e. The van der Waals surface area contributed by atoms with Crippen molar-refractivity contribution < 1.29 is 0 Å². The highest BCUT2D eigenvalue weighted by Crippen LogP contribution is 2.19. The molecule has 3 N–H and O–H groups in total. The van der Waals surface area contributed by atoms with Crippen molar-refractivity contribution in [2.45, 2.75) is 19.9 Å². The Hall–Kier alpha value is -1.61. The summed E-state index contributed by atoms with van der Waals surface area (Å²) in [5.74, 6) is 0.